The normalized spacial score (nSPS) is 24.4. The average Bonchev–Trinajstić information content (AvgIpc) is 2.98. The van der Waals surface area contributed by atoms with Crippen LogP contribution in [0.2, 0.25) is 0 Å². The van der Waals surface area contributed by atoms with Crippen LogP contribution in [-0.2, 0) is 16.1 Å². The van der Waals surface area contributed by atoms with Gasteiger partial charge in [0.15, 0.2) is 0 Å². The molecule has 2 heterocycles. The number of carbonyl (C=O) groups excluding carboxylic acids is 1. The van der Waals surface area contributed by atoms with Crippen LogP contribution < -0.4 is 10.6 Å². The predicted molar refractivity (Wildman–Crippen MR) is 96.9 cm³/mol. The first-order valence-electron chi connectivity index (χ1n) is 9.79. The molecule has 2 fully saturated rings. The number of carbonyl (C=O) groups is 1. The summed E-state index contributed by atoms with van der Waals surface area (Å²) in [4.78, 5) is 12.3. The third-order valence-electron chi connectivity index (χ3n) is 5.51. The van der Waals surface area contributed by atoms with Gasteiger partial charge in [-0.25, -0.2) is 4.79 Å². The standard InChI is InChI=1S/C19H31N3O4/c1-13-16(14(2)26-22-13)11-25-18-8-9-24-12-17(18)21-19(23)20-10-15-6-4-3-5-7-15/h15,17-18H,3-12H2,1-2H3,(H2,20,21,23)/t17-,18+/m0/s1. The number of aryl methyl sites for hydroxylation is 2. The molecule has 1 saturated heterocycles. The minimum Gasteiger partial charge on any atom is -0.379 e. The van der Waals surface area contributed by atoms with Gasteiger partial charge in [-0.1, -0.05) is 24.4 Å². The maximum absolute atomic E-state index is 12.3. The average molecular weight is 365 g/mol. The molecular formula is C19H31N3O4. The van der Waals surface area contributed by atoms with Crippen LogP contribution in [0.3, 0.4) is 0 Å². The Kier molecular flexibility index (Phi) is 6.91. The fourth-order valence-electron chi connectivity index (χ4n) is 3.80. The van der Waals surface area contributed by atoms with Gasteiger partial charge >= 0.3 is 6.03 Å². The number of hydrogen-bond donors (Lipinski definition) is 2. The van der Waals surface area contributed by atoms with E-state index in [-0.39, 0.29) is 18.2 Å². The second-order valence-electron chi connectivity index (χ2n) is 7.48. The summed E-state index contributed by atoms with van der Waals surface area (Å²) in [5.41, 5.74) is 1.83. The molecule has 0 radical (unpaired) electrons. The van der Waals surface area contributed by atoms with Crippen molar-refractivity contribution in [3.63, 3.8) is 0 Å². The third kappa shape index (κ3) is 5.20. The smallest absolute Gasteiger partial charge is 0.315 e. The van der Waals surface area contributed by atoms with E-state index in [0.29, 0.717) is 25.7 Å². The van der Waals surface area contributed by atoms with E-state index in [1.165, 1.54) is 32.1 Å². The van der Waals surface area contributed by atoms with Crippen molar-refractivity contribution in [1.82, 2.24) is 15.8 Å². The molecular weight excluding hydrogens is 334 g/mol. The number of ether oxygens (including phenoxy) is 2. The molecule has 1 aliphatic heterocycles. The van der Waals surface area contributed by atoms with Crippen molar-refractivity contribution in [2.75, 3.05) is 19.8 Å². The lowest BCUT2D eigenvalue weighted by atomic mass is 9.89. The molecule has 0 unspecified atom stereocenters. The highest BCUT2D eigenvalue weighted by Crippen LogP contribution is 2.23. The Morgan fingerprint density at radius 1 is 1.23 bits per heavy atom. The highest BCUT2D eigenvalue weighted by molar-refractivity contribution is 5.74. The zero-order valence-corrected chi connectivity index (χ0v) is 15.9. The number of urea groups is 1. The van der Waals surface area contributed by atoms with Crippen molar-refractivity contribution in [1.29, 1.82) is 0 Å². The van der Waals surface area contributed by atoms with Gasteiger partial charge in [0.25, 0.3) is 0 Å². The SMILES string of the molecule is Cc1noc(C)c1CO[C@@H]1CCOC[C@@H]1NC(=O)NCC1CCCCC1. The largest absolute Gasteiger partial charge is 0.379 e. The van der Waals surface area contributed by atoms with E-state index < -0.39 is 0 Å². The fourth-order valence-corrected chi connectivity index (χ4v) is 3.80. The molecule has 3 rings (SSSR count). The predicted octanol–water partition coefficient (Wildman–Crippen LogP) is 2.85. The lowest BCUT2D eigenvalue weighted by Gasteiger charge is -2.32. The van der Waals surface area contributed by atoms with Gasteiger partial charge in [0.05, 0.1) is 31.1 Å². The molecule has 0 bridgehead atoms. The van der Waals surface area contributed by atoms with Crippen molar-refractivity contribution in [3.05, 3.63) is 17.0 Å². The Bertz CT molecular complexity index is 564. The van der Waals surface area contributed by atoms with Crippen molar-refractivity contribution in [2.24, 2.45) is 5.92 Å². The summed E-state index contributed by atoms with van der Waals surface area (Å²) in [6.07, 6.45) is 7.01. The van der Waals surface area contributed by atoms with Crippen LogP contribution in [0.15, 0.2) is 4.52 Å². The number of amides is 2. The van der Waals surface area contributed by atoms with E-state index >= 15 is 0 Å². The first kappa shape index (κ1) is 19.2. The molecule has 146 valence electrons. The van der Waals surface area contributed by atoms with Gasteiger partial charge in [0, 0.05) is 18.7 Å². The van der Waals surface area contributed by atoms with Gasteiger partial charge in [-0.05, 0) is 39.0 Å². The van der Waals surface area contributed by atoms with E-state index in [9.17, 15) is 4.79 Å². The summed E-state index contributed by atoms with van der Waals surface area (Å²) in [7, 11) is 0. The van der Waals surface area contributed by atoms with Crippen molar-refractivity contribution in [2.45, 2.75) is 71.1 Å². The zero-order valence-electron chi connectivity index (χ0n) is 15.9. The zero-order chi connectivity index (χ0) is 18.4. The molecule has 7 heteroatoms. The van der Waals surface area contributed by atoms with Crippen LogP contribution in [0, 0.1) is 19.8 Å². The highest BCUT2D eigenvalue weighted by atomic mass is 16.5. The Balaban J connectivity index is 1.46. The Morgan fingerprint density at radius 3 is 2.77 bits per heavy atom. The number of rotatable bonds is 6. The quantitative estimate of drug-likeness (QED) is 0.810. The fraction of sp³-hybridized carbons (Fsp3) is 0.789. The van der Waals surface area contributed by atoms with Crippen LogP contribution in [-0.4, -0.2) is 43.1 Å². The summed E-state index contributed by atoms with van der Waals surface area (Å²) in [5.74, 6) is 1.40. The van der Waals surface area contributed by atoms with E-state index in [4.69, 9.17) is 14.0 Å². The second kappa shape index (κ2) is 9.37. The highest BCUT2D eigenvalue weighted by Gasteiger charge is 2.29. The van der Waals surface area contributed by atoms with Crippen molar-refractivity contribution in [3.8, 4) is 0 Å². The second-order valence-corrected chi connectivity index (χ2v) is 7.48. The van der Waals surface area contributed by atoms with E-state index in [1.807, 2.05) is 13.8 Å². The van der Waals surface area contributed by atoms with Gasteiger partial charge < -0.3 is 24.6 Å². The molecule has 1 aromatic heterocycles. The van der Waals surface area contributed by atoms with E-state index in [1.54, 1.807) is 0 Å². The molecule has 2 amide bonds. The molecule has 1 aromatic rings. The number of hydrogen-bond acceptors (Lipinski definition) is 5. The van der Waals surface area contributed by atoms with Crippen LogP contribution in [0.25, 0.3) is 0 Å². The number of aromatic nitrogens is 1. The van der Waals surface area contributed by atoms with Gasteiger partial charge in [-0.2, -0.15) is 0 Å². The number of nitrogens with zero attached hydrogens (tertiary/aromatic N) is 1. The first-order chi connectivity index (χ1) is 12.6. The van der Waals surface area contributed by atoms with E-state index in [2.05, 4.69) is 15.8 Å². The molecule has 7 nitrogen and oxygen atoms in total. The van der Waals surface area contributed by atoms with Gasteiger partial charge in [-0.15, -0.1) is 0 Å². The van der Waals surface area contributed by atoms with Crippen molar-refractivity contribution >= 4 is 6.03 Å². The Labute approximate surface area is 155 Å². The van der Waals surface area contributed by atoms with Crippen LogP contribution in [0.4, 0.5) is 4.79 Å². The summed E-state index contributed by atoms with van der Waals surface area (Å²) in [5, 5.41) is 10.0. The molecule has 1 saturated carbocycles. The van der Waals surface area contributed by atoms with Gasteiger partial charge in [0.1, 0.15) is 5.76 Å². The monoisotopic (exact) mass is 365 g/mol. The molecule has 2 aliphatic rings. The molecule has 2 N–H and O–H groups in total. The Morgan fingerprint density at radius 2 is 2.04 bits per heavy atom. The van der Waals surface area contributed by atoms with Gasteiger partial charge in [-0.3, -0.25) is 0 Å². The minimum absolute atomic E-state index is 0.0714. The molecule has 2 atom stereocenters. The minimum atomic E-state index is -0.143. The lowest BCUT2D eigenvalue weighted by molar-refractivity contribution is -0.0599. The third-order valence-corrected chi connectivity index (χ3v) is 5.51. The maximum atomic E-state index is 12.3. The molecule has 26 heavy (non-hydrogen) atoms. The summed E-state index contributed by atoms with van der Waals surface area (Å²) in [6, 6.07) is -0.271. The summed E-state index contributed by atoms with van der Waals surface area (Å²) >= 11 is 0. The van der Waals surface area contributed by atoms with Crippen LogP contribution >= 0.6 is 0 Å². The van der Waals surface area contributed by atoms with Crippen LogP contribution in [0.5, 0.6) is 0 Å². The maximum Gasteiger partial charge on any atom is 0.315 e. The summed E-state index contributed by atoms with van der Waals surface area (Å²) in [6.45, 7) is 6.11. The Hall–Kier alpha value is -1.60. The summed E-state index contributed by atoms with van der Waals surface area (Å²) < 4.78 is 16.8. The number of nitrogens with one attached hydrogen (secondary N) is 2. The van der Waals surface area contributed by atoms with Crippen molar-refractivity contribution < 1.29 is 18.8 Å². The van der Waals surface area contributed by atoms with Crippen LogP contribution in [0.1, 0.15) is 55.5 Å². The molecule has 0 spiro atoms. The first-order valence-corrected chi connectivity index (χ1v) is 9.79. The topological polar surface area (TPSA) is 85.6 Å². The molecule has 0 aromatic carbocycles. The lowest BCUT2D eigenvalue weighted by Crippen LogP contribution is -2.53. The molecule has 1 aliphatic carbocycles. The van der Waals surface area contributed by atoms with Gasteiger partial charge in [0.2, 0.25) is 0 Å². The van der Waals surface area contributed by atoms with E-state index in [0.717, 1.165) is 30.0 Å².